The van der Waals surface area contributed by atoms with Gasteiger partial charge in [0.15, 0.2) is 0 Å². The van der Waals surface area contributed by atoms with Gasteiger partial charge in [-0.1, -0.05) is 30.3 Å². The van der Waals surface area contributed by atoms with Crippen LogP contribution in [0, 0.1) is 0 Å². The normalized spacial score (nSPS) is 10.7. The lowest BCUT2D eigenvalue weighted by Crippen LogP contribution is -1.94. The van der Waals surface area contributed by atoms with Crippen molar-refractivity contribution in [3.8, 4) is 5.69 Å². The van der Waals surface area contributed by atoms with E-state index in [1.165, 1.54) is 10.5 Å². The van der Waals surface area contributed by atoms with E-state index in [0.717, 1.165) is 17.0 Å². The van der Waals surface area contributed by atoms with Gasteiger partial charge in [0.25, 0.3) is 0 Å². The van der Waals surface area contributed by atoms with Crippen molar-refractivity contribution in [1.82, 2.24) is 9.78 Å². The van der Waals surface area contributed by atoms with Crippen molar-refractivity contribution in [2.45, 2.75) is 17.2 Å². The van der Waals surface area contributed by atoms with E-state index >= 15 is 0 Å². The summed E-state index contributed by atoms with van der Waals surface area (Å²) in [5.41, 5.74) is 9.07. The van der Waals surface area contributed by atoms with Crippen molar-refractivity contribution in [3.63, 3.8) is 0 Å². The molecule has 2 aromatic carbocycles. The maximum atomic E-state index is 5.61. The Morgan fingerprint density at radius 2 is 1.71 bits per heavy atom. The van der Waals surface area contributed by atoms with E-state index in [-0.39, 0.29) is 0 Å². The van der Waals surface area contributed by atoms with Crippen molar-refractivity contribution < 1.29 is 0 Å². The molecule has 0 saturated heterocycles. The zero-order valence-electron chi connectivity index (χ0n) is 11.6. The van der Waals surface area contributed by atoms with Crippen molar-refractivity contribution in [1.29, 1.82) is 0 Å². The summed E-state index contributed by atoms with van der Waals surface area (Å²) < 4.78 is 1.91. The Morgan fingerprint density at radius 3 is 2.43 bits per heavy atom. The molecule has 0 amide bonds. The first-order valence-electron chi connectivity index (χ1n) is 6.86. The summed E-state index contributed by atoms with van der Waals surface area (Å²) in [4.78, 5) is 1.25. The van der Waals surface area contributed by atoms with Crippen LogP contribution in [-0.4, -0.2) is 9.78 Å². The Morgan fingerprint density at radius 1 is 0.952 bits per heavy atom. The first-order valence-corrected chi connectivity index (χ1v) is 7.84. The number of aromatic nitrogens is 2. The first kappa shape index (κ1) is 13.9. The molecule has 0 saturated carbocycles. The van der Waals surface area contributed by atoms with E-state index in [1.54, 1.807) is 0 Å². The molecule has 21 heavy (non-hydrogen) atoms. The van der Waals surface area contributed by atoms with E-state index < -0.39 is 0 Å². The molecule has 0 bridgehead atoms. The van der Waals surface area contributed by atoms with Gasteiger partial charge in [-0.05, 0) is 29.8 Å². The van der Waals surface area contributed by atoms with Crippen molar-refractivity contribution >= 4 is 11.8 Å². The van der Waals surface area contributed by atoms with Gasteiger partial charge in [0.05, 0.1) is 11.9 Å². The number of hydrogen-bond acceptors (Lipinski definition) is 3. The van der Waals surface area contributed by atoms with Crippen molar-refractivity contribution in [2.24, 2.45) is 5.73 Å². The maximum absolute atomic E-state index is 5.61. The molecule has 0 aliphatic heterocycles. The fourth-order valence-corrected chi connectivity index (χ4v) is 2.86. The highest BCUT2D eigenvalue weighted by Gasteiger charge is 2.02. The van der Waals surface area contributed by atoms with Gasteiger partial charge >= 0.3 is 0 Å². The highest BCUT2D eigenvalue weighted by Crippen LogP contribution is 2.23. The molecule has 0 aliphatic rings. The molecule has 0 atom stereocenters. The number of para-hydroxylation sites is 1. The summed E-state index contributed by atoms with van der Waals surface area (Å²) >= 11 is 1.81. The van der Waals surface area contributed by atoms with Crippen LogP contribution in [0.5, 0.6) is 0 Å². The lowest BCUT2D eigenvalue weighted by Gasteiger charge is -2.02. The van der Waals surface area contributed by atoms with Gasteiger partial charge in [-0.2, -0.15) is 5.10 Å². The van der Waals surface area contributed by atoms with Crippen LogP contribution in [0.2, 0.25) is 0 Å². The minimum atomic E-state index is 0.592. The Labute approximate surface area is 128 Å². The Hall–Kier alpha value is -2.04. The minimum Gasteiger partial charge on any atom is -0.326 e. The quantitative estimate of drug-likeness (QED) is 0.731. The highest BCUT2D eigenvalue weighted by molar-refractivity contribution is 7.98. The zero-order valence-corrected chi connectivity index (χ0v) is 12.5. The predicted octanol–water partition coefficient (Wildman–Crippen LogP) is 3.62. The molecular formula is C17H17N3S. The molecular weight excluding hydrogens is 278 g/mol. The molecule has 0 spiro atoms. The monoisotopic (exact) mass is 295 g/mol. The van der Waals surface area contributed by atoms with Crippen molar-refractivity contribution in [3.05, 3.63) is 78.1 Å². The number of thioether (sulfide) groups is 1. The molecule has 0 fully saturated rings. The zero-order chi connectivity index (χ0) is 14.5. The number of nitrogens with zero attached hydrogens (tertiary/aromatic N) is 2. The van der Waals surface area contributed by atoms with E-state index in [1.807, 2.05) is 40.8 Å². The second-order valence-electron chi connectivity index (χ2n) is 4.77. The summed E-state index contributed by atoms with van der Waals surface area (Å²) in [5.74, 6) is 0.912. The van der Waals surface area contributed by atoms with E-state index in [0.29, 0.717) is 6.54 Å². The molecule has 2 N–H and O–H groups in total. The van der Waals surface area contributed by atoms with Crippen LogP contribution >= 0.6 is 11.8 Å². The summed E-state index contributed by atoms with van der Waals surface area (Å²) in [6, 6.07) is 18.5. The third-order valence-electron chi connectivity index (χ3n) is 3.22. The average molecular weight is 295 g/mol. The highest BCUT2D eigenvalue weighted by atomic mass is 32.2. The van der Waals surface area contributed by atoms with Gasteiger partial charge in [0.1, 0.15) is 0 Å². The summed E-state index contributed by atoms with van der Waals surface area (Å²) in [7, 11) is 0. The third kappa shape index (κ3) is 3.54. The van der Waals surface area contributed by atoms with Gasteiger partial charge in [-0.25, -0.2) is 4.68 Å². The Kier molecular flexibility index (Phi) is 4.38. The van der Waals surface area contributed by atoms with Gasteiger partial charge in [-0.15, -0.1) is 11.8 Å². The van der Waals surface area contributed by atoms with Gasteiger partial charge in [0.2, 0.25) is 0 Å². The van der Waals surface area contributed by atoms with Crippen molar-refractivity contribution in [2.75, 3.05) is 0 Å². The molecule has 1 heterocycles. The van der Waals surface area contributed by atoms with Gasteiger partial charge < -0.3 is 5.73 Å². The summed E-state index contributed by atoms with van der Waals surface area (Å²) in [5, 5.41) is 4.41. The van der Waals surface area contributed by atoms with E-state index in [2.05, 4.69) is 47.7 Å². The molecule has 106 valence electrons. The number of nitrogens with two attached hydrogens (primary N) is 1. The molecule has 0 aliphatic carbocycles. The topological polar surface area (TPSA) is 43.8 Å². The molecule has 3 rings (SSSR count). The third-order valence-corrected chi connectivity index (χ3v) is 4.30. The maximum Gasteiger partial charge on any atom is 0.0645 e. The number of rotatable bonds is 5. The lowest BCUT2D eigenvalue weighted by atomic mass is 10.2. The first-order chi connectivity index (χ1) is 10.3. The van der Waals surface area contributed by atoms with Gasteiger partial charge in [0, 0.05) is 29.0 Å². The lowest BCUT2D eigenvalue weighted by molar-refractivity contribution is 0.880. The van der Waals surface area contributed by atoms with Crippen LogP contribution in [0.3, 0.4) is 0 Å². The van der Waals surface area contributed by atoms with E-state index in [9.17, 15) is 0 Å². The summed E-state index contributed by atoms with van der Waals surface area (Å²) in [6.45, 7) is 0.592. The van der Waals surface area contributed by atoms with E-state index in [4.69, 9.17) is 5.73 Å². The Balaban J connectivity index is 1.64. The molecule has 3 nitrogen and oxygen atoms in total. The molecule has 3 aromatic rings. The number of hydrogen-bond donors (Lipinski definition) is 1. The second kappa shape index (κ2) is 6.61. The Bertz CT molecular complexity index is 690. The SMILES string of the molecule is NCc1ccc(SCc2cnn(-c3ccccc3)c2)cc1. The molecule has 0 radical (unpaired) electrons. The number of benzene rings is 2. The average Bonchev–Trinajstić information content (AvgIpc) is 3.03. The minimum absolute atomic E-state index is 0.592. The molecule has 0 unspecified atom stereocenters. The van der Waals surface area contributed by atoms with Gasteiger partial charge in [-0.3, -0.25) is 0 Å². The standard InChI is InChI=1S/C17H17N3S/c18-10-14-6-8-17(9-7-14)21-13-15-11-19-20(12-15)16-4-2-1-3-5-16/h1-9,11-12H,10,13,18H2. The molecule has 4 heteroatoms. The van der Waals surface area contributed by atoms with Crippen LogP contribution in [0.4, 0.5) is 0 Å². The largest absolute Gasteiger partial charge is 0.326 e. The van der Waals surface area contributed by atoms with Crippen LogP contribution < -0.4 is 5.73 Å². The molecule has 1 aromatic heterocycles. The smallest absolute Gasteiger partial charge is 0.0645 e. The predicted molar refractivity (Wildman–Crippen MR) is 87.5 cm³/mol. The summed E-state index contributed by atoms with van der Waals surface area (Å²) in [6.07, 6.45) is 4.00. The van der Waals surface area contributed by atoms with Crippen LogP contribution in [0.1, 0.15) is 11.1 Å². The fraction of sp³-hybridized carbons (Fsp3) is 0.118. The van der Waals surface area contributed by atoms with Crippen LogP contribution in [0.25, 0.3) is 5.69 Å². The fourth-order valence-electron chi connectivity index (χ4n) is 2.04. The second-order valence-corrected chi connectivity index (χ2v) is 5.81. The van der Waals surface area contributed by atoms with Crippen LogP contribution in [0.15, 0.2) is 71.9 Å². The van der Waals surface area contributed by atoms with Crippen LogP contribution in [-0.2, 0) is 12.3 Å².